The standard InChI is InChI=1S/C42H40N6O11/c1-5-10-38-44-39-25(2)21-29(40-43-32-13-8-9-14-33(32)45(40)4)22-34(39)46(38)23-27-15-17-28(18-16-27)30-11-6-7-12-31(30)41(49)55-24-37-36(56-42(50)57-37)20-19-35(59-48(53)54)26(3)58-47(51)52/h6-9,11-18,21-22,26,35H,5,10,19-20,23-24H2,1-4H3/t26-,35-/m0/s1. The summed E-state index contributed by atoms with van der Waals surface area (Å²) < 4.78 is 20.1. The average Bonchev–Trinajstić information content (AvgIpc) is 3.87. The molecule has 0 aliphatic carbocycles. The van der Waals surface area contributed by atoms with Gasteiger partial charge in [0, 0.05) is 32.0 Å². The Morgan fingerprint density at radius 1 is 0.864 bits per heavy atom. The highest BCUT2D eigenvalue weighted by atomic mass is 17.0. The summed E-state index contributed by atoms with van der Waals surface area (Å²) in [6.45, 7) is 5.51. The quantitative estimate of drug-likeness (QED) is 0.0494. The molecule has 3 heterocycles. The van der Waals surface area contributed by atoms with Gasteiger partial charge < -0.3 is 32.4 Å². The summed E-state index contributed by atoms with van der Waals surface area (Å²) >= 11 is 0. The molecule has 0 unspecified atom stereocenters. The van der Waals surface area contributed by atoms with E-state index >= 15 is 0 Å². The van der Waals surface area contributed by atoms with Gasteiger partial charge in [-0.15, -0.1) is 20.2 Å². The van der Waals surface area contributed by atoms with E-state index in [1.807, 2.05) is 49.5 Å². The summed E-state index contributed by atoms with van der Waals surface area (Å²) in [6, 6.07) is 27.2. The van der Waals surface area contributed by atoms with Crippen molar-refractivity contribution < 1.29 is 38.2 Å². The summed E-state index contributed by atoms with van der Waals surface area (Å²) in [5, 5.41) is 19.6. The van der Waals surface area contributed by atoms with E-state index in [0.29, 0.717) is 12.1 Å². The Morgan fingerprint density at radius 2 is 1.58 bits per heavy atom. The van der Waals surface area contributed by atoms with Gasteiger partial charge >= 0.3 is 11.8 Å². The maximum atomic E-state index is 13.5. The van der Waals surface area contributed by atoms with Gasteiger partial charge in [0.05, 0.1) is 27.6 Å². The van der Waals surface area contributed by atoms with Crippen molar-refractivity contribution in [3.05, 3.63) is 150 Å². The highest BCUT2D eigenvalue weighted by Gasteiger charge is 2.27. The molecule has 0 aliphatic rings. The first kappa shape index (κ1) is 39.9. The van der Waals surface area contributed by atoms with E-state index in [1.165, 1.54) is 6.92 Å². The number of imidazole rings is 2. The molecular formula is C42H40N6O11. The summed E-state index contributed by atoms with van der Waals surface area (Å²) in [7, 11) is 2.03. The van der Waals surface area contributed by atoms with Crippen LogP contribution < -0.4 is 5.82 Å². The molecule has 0 fully saturated rings. The van der Waals surface area contributed by atoms with Crippen LogP contribution in [0.1, 0.15) is 65.5 Å². The number of carbonyl (C=O) groups is 1. The Kier molecular flexibility index (Phi) is 11.5. The van der Waals surface area contributed by atoms with Gasteiger partial charge in [-0.25, -0.2) is 19.6 Å². The van der Waals surface area contributed by atoms with Gasteiger partial charge in [-0.05, 0) is 79.3 Å². The van der Waals surface area contributed by atoms with Gasteiger partial charge in [0.2, 0.25) is 0 Å². The first-order valence-corrected chi connectivity index (χ1v) is 18.9. The topological polar surface area (TPSA) is 210 Å². The van der Waals surface area contributed by atoms with Crippen LogP contribution in [0, 0.1) is 27.2 Å². The fraction of sp³-hybridized carbons (Fsp3) is 0.286. The maximum absolute atomic E-state index is 13.5. The van der Waals surface area contributed by atoms with Gasteiger partial charge in [0.1, 0.15) is 23.9 Å². The first-order chi connectivity index (χ1) is 28.4. The Bertz CT molecular complexity index is 2730. The molecule has 0 spiro atoms. The van der Waals surface area contributed by atoms with Crippen molar-refractivity contribution in [1.29, 1.82) is 0 Å². The van der Waals surface area contributed by atoms with Crippen LogP contribution in [-0.4, -0.2) is 47.5 Å². The maximum Gasteiger partial charge on any atom is 0.519 e. The zero-order valence-corrected chi connectivity index (χ0v) is 32.7. The fourth-order valence-electron chi connectivity index (χ4n) is 7.26. The lowest BCUT2D eigenvalue weighted by molar-refractivity contribution is -0.798. The number of carbonyl (C=O) groups excluding carboxylic acids is 1. The number of aromatic nitrogens is 4. The third kappa shape index (κ3) is 8.68. The second-order valence-corrected chi connectivity index (χ2v) is 14.1. The largest absolute Gasteiger partial charge is 0.519 e. The number of hydrogen-bond acceptors (Lipinski definition) is 13. The minimum atomic E-state index is -1.38. The molecule has 0 aliphatic heterocycles. The summed E-state index contributed by atoms with van der Waals surface area (Å²) in [5.41, 5.74) is 8.70. The van der Waals surface area contributed by atoms with Crippen molar-refractivity contribution >= 4 is 28.0 Å². The lowest BCUT2D eigenvalue weighted by atomic mass is 9.98. The van der Waals surface area contributed by atoms with E-state index in [-0.39, 0.29) is 29.9 Å². The number of aryl methyl sites for hydroxylation is 4. The lowest BCUT2D eigenvalue weighted by Crippen LogP contribution is -2.33. The number of esters is 1. The number of ether oxygens (including phenoxy) is 1. The molecule has 4 aromatic carbocycles. The van der Waals surface area contributed by atoms with Crippen molar-refractivity contribution in [3.8, 4) is 22.5 Å². The van der Waals surface area contributed by atoms with E-state index in [4.69, 9.17) is 23.5 Å². The van der Waals surface area contributed by atoms with E-state index < -0.39 is 40.8 Å². The Balaban J connectivity index is 1.09. The SMILES string of the molecule is CCCc1nc2c(C)cc(-c3nc4ccccc4n3C)cc2n1Cc1ccc(-c2ccccc2C(=O)OCc2oc(=O)oc2CC[C@H](O[N+](=O)[O-])[C@H](C)O[N+](=O)[O-])cc1. The second kappa shape index (κ2) is 17.1. The average molecular weight is 805 g/mol. The number of benzene rings is 4. The molecular weight excluding hydrogens is 764 g/mol. The molecule has 0 saturated heterocycles. The molecule has 304 valence electrons. The van der Waals surface area contributed by atoms with E-state index in [0.717, 1.165) is 68.8 Å². The van der Waals surface area contributed by atoms with Crippen LogP contribution in [0.2, 0.25) is 0 Å². The van der Waals surface area contributed by atoms with Crippen LogP contribution in [0.3, 0.4) is 0 Å². The van der Waals surface area contributed by atoms with Crippen molar-refractivity contribution in [2.24, 2.45) is 7.05 Å². The monoisotopic (exact) mass is 804 g/mol. The molecule has 17 heteroatoms. The minimum Gasteiger partial charge on any atom is -0.454 e. The second-order valence-electron chi connectivity index (χ2n) is 14.1. The summed E-state index contributed by atoms with van der Waals surface area (Å²) in [5.74, 6) is -0.119. The number of para-hydroxylation sites is 2. The fourth-order valence-corrected chi connectivity index (χ4v) is 7.26. The number of hydrogen-bond donors (Lipinski definition) is 0. The Labute approximate surface area is 336 Å². The van der Waals surface area contributed by atoms with Crippen LogP contribution in [-0.2, 0) is 47.5 Å². The van der Waals surface area contributed by atoms with E-state index in [1.54, 1.807) is 24.3 Å². The third-order valence-corrected chi connectivity index (χ3v) is 10.1. The van der Waals surface area contributed by atoms with Crippen LogP contribution in [0.5, 0.6) is 0 Å². The number of nitrogens with zero attached hydrogens (tertiary/aromatic N) is 6. The van der Waals surface area contributed by atoms with Gasteiger partial charge in [0.15, 0.2) is 18.1 Å². The zero-order chi connectivity index (χ0) is 41.8. The lowest BCUT2D eigenvalue weighted by Gasteiger charge is -2.19. The van der Waals surface area contributed by atoms with Crippen molar-refractivity contribution in [1.82, 2.24) is 19.1 Å². The third-order valence-electron chi connectivity index (χ3n) is 10.1. The van der Waals surface area contributed by atoms with Gasteiger partial charge in [0.25, 0.3) is 10.2 Å². The number of fused-ring (bicyclic) bond motifs is 2. The predicted molar refractivity (Wildman–Crippen MR) is 213 cm³/mol. The molecule has 0 radical (unpaired) electrons. The first-order valence-electron chi connectivity index (χ1n) is 18.9. The highest BCUT2D eigenvalue weighted by Crippen LogP contribution is 2.31. The molecule has 59 heavy (non-hydrogen) atoms. The van der Waals surface area contributed by atoms with Crippen LogP contribution in [0.25, 0.3) is 44.6 Å². The predicted octanol–water partition coefficient (Wildman–Crippen LogP) is 7.58. The summed E-state index contributed by atoms with van der Waals surface area (Å²) in [4.78, 5) is 66.2. The van der Waals surface area contributed by atoms with Crippen molar-refractivity contribution in [2.75, 3.05) is 0 Å². The highest BCUT2D eigenvalue weighted by molar-refractivity contribution is 5.97. The normalized spacial score (nSPS) is 12.4. The molecule has 3 aromatic heterocycles. The van der Waals surface area contributed by atoms with Gasteiger partial charge in [-0.1, -0.05) is 61.5 Å². The van der Waals surface area contributed by atoms with Crippen LogP contribution in [0.15, 0.2) is 98.6 Å². The van der Waals surface area contributed by atoms with Crippen LogP contribution in [0.4, 0.5) is 0 Å². The molecule has 2 atom stereocenters. The summed E-state index contributed by atoms with van der Waals surface area (Å²) in [6.07, 6.45) is -1.36. The Hall–Kier alpha value is -7.30. The zero-order valence-electron chi connectivity index (χ0n) is 32.7. The van der Waals surface area contributed by atoms with Crippen molar-refractivity contribution in [3.63, 3.8) is 0 Å². The van der Waals surface area contributed by atoms with E-state index in [2.05, 4.69) is 50.9 Å². The van der Waals surface area contributed by atoms with Gasteiger partial charge in [-0.2, -0.15) is 0 Å². The Morgan fingerprint density at radius 3 is 2.31 bits per heavy atom. The van der Waals surface area contributed by atoms with Crippen molar-refractivity contribution in [2.45, 2.75) is 71.8 Å². The molecule has 7 aromatic rings. The van der Waals surface area contributed by atoms with Gasteiger partial charge in [-0.3, -0.25) is 0 Å². The minimum absolute atomic E-state index is 0.0683. The van der Waals surface area contributed by atoms with Crippen LogP contribution >= 0.6 is 0 Å². The molecule has 0 saturated carbocycles. The van der Waals surface area contributed by atoms with E-state index in [9.17, 15) is 29.8 Å². The molecule has 0 amide bonds. The molecule has 0 bridgehead atoms. The molecule has 0 N–H and O–H groups in total. The molecule has 7 rings (SSSR count). The number of rotatable bonds is 17. The smallest absolute Gasteiger partial charge is 0.454 e. The molecule has 17 nitrogen and oxygen atoms in total.